The van der Waals surface area contributed by atoms with Gasteiger partial charge >= 0.3 is 11.9 Å². The fraction of sp³-hybridized carbons (Fsp3) is 0.240. The van der Waals surface area contributed by atoms with E-state index in [2.05, 4.69) is 31.5 Å². The summed E-state index contributed by atoms with van der Waals surface area (Å²) >= 11 is 27.8. The van der Waals surface area contributed by atoms with Crippen molar-refractivity contribution in [3.05, 3.63) is 168 Å². The number of pyridine rings is 2. The maximum Gasteiger partial charge on any atom is 0.323 e. The molecule has 2 aliphatic heterocycles. The third-order valence-electron chi connectivity index (χ3n) is 11.0. The van der Waals surface area contributed by atoms with Crippen molar-refractivity contribution >= 4 is 64.0 Å². The molecule has 2 aliphatic rings. The Morgan fingerprint density at radius 1 is 0.632 bits per heavy atom. The van der Waals surface area contributed by atoms with Crippen molar-refractivity contribution < 1.29 is 38.0 Å². The van der Waals surface area contributed by atoms with Gasteiger partial charge in [-0.15, -0.1) is 0 Å². The van der Waals surface area contributed by atoms with E-state index in [0.29, 0.717) is 125 Å². The lowest BCUT2D eigenvalue weighted by atomic mass is 10.0. The van der Waals surface area contributed by atoms with Crippen LogP contribution in [0.2, 0.25) is 20.1 Å². The molecule has 0 spiro atoms. The summed E-state index contributed by atoms with van der Waals surface area (Å²) in [5.74, 6) is 0.925. The number of carbonyl (C=O) groups excluding carboxylic acids is 2. The topological polar surface area (TPSA) is 168 Å². The van der Waals surface area contributed by atoms with Crippen LogP contribution in [0, 0.1) is 17.9 Å². The number of benzene rings is 4. The minimum Gasteiger partial charge on any atom is -0.488 e. The molecule has 2 aromatic heterocycles. The molecule has 6 aromatic rings. The number of rotatable bonds is 19. The molecule has 14 nitrogen and oxygen atoms in total. The highest BCUT2D eigenvalue weighted by Crippen LogP contribution is 2.40. The zero-order valence-electron chi connectivity index (χ0n) is 36.0. The molecule has 2 fully saturated rings. The number of ether oxygens (including phenoxy) is 6. The highest BCUT2D eigenvalue weighted by atomic mass is 35.5. The van der Waals surface area contributed by atoms with Gasteiger partial charge in [-0.1, -0.05) is 82.8 Å². The number of carbonyl (C=O) groups is 2. The number of aromatic nitrogens is 2. The van der Waals surface area contributed by atoms with Crippen LogP contribution in [-0.4, -0.2) is 47.2 Å². The number of nitrogens with one attached hydrogen (secondary N) is 2. The first-order valence-electron chi connectivity index (χ1n) is 21.2. The van der Waals surface area contributed by atoms with E-state index in [1.165, 1.54) is 12.4 Å². The lowest BCUT2D eigenvalue weighted by Crippen LogP contribution is -2.32. The average molecular weight is 995 g/mol. The summed E-state index contributed by atoms with van der Waals surface area (Å²) in [6.07, 6.45) is 7.28. The Bertz CT molecular complexity index is 2750. The number of nitrogens with zero attached hydrogens (tertiary/aromatic N) is 4. The Labute approximate surface area is 411 Å². The molecular formula is C50H40Cl4N6O8. The third-order valence-corrected chi connectivity index (χ3v) is 12.5. The summed E-state index contributed by atoms with van der Waals surface area (Å²) in [6, 6.07) is 22.4. The van der Waals surface area contributed by atoms with E-state index in [1.54, 1.807) is 48.8 Å². The standard InChI is InChI=1S/C50H40Cl4N6O8/c1-56-36-13-31(21-58-24-36)26-66-44-17-46(40(52)15-35(44)23-60-42-9-11-64-50(42)62)68-28-33-5-3-7-38(48(33)54)37-6-2-4-32(47(37)53)27-67-45-16-43(65-25-30-12-29(18-55)19-57-20-30)34(14-39(45)51)22-59-41-8-10-63-49(41)61/h2-7,12-17,19-21,24,41-42,59-60H,8-11,22-23,25-28H2/t41-,42-/m0/s1. The first kappa shape index (κ1) is 47.9. The van der Waals surface area contributed by atoms with Crippen LogP contribution >= 0.6 is 46.4 Å². The lowest BCUT2D eigenvalue weighted by molar-refractivity contribution is -0.140. The average Bonchev–Trinajstić information content (AvgIpc) is 3.97. The summed E-state index contributed by atoms with van der Waals surface area (Å²) in [5.41, 5.74) is 6.14. The van der Waals surface area contributed by atoms with Gasteiger partial charge in [-0.25, -0.2) is 4.85 Å². The second-order valence-corrected chi connectivity index (χ2v) is 17.2. The minimum absolute atomic E-state index is 0.0343. The summed E-state index contributed by atoms with van der Waals surface area (Å²) < 4.78 is 35.2. The molecule has 0 bridgehead atoms. The van der Waals surface area contributed by atoms with Crippen molar-refractivity contribution in [1.82, 2.24) is 20.6 Å². The van der Waals surface area contributed by atoms with Crippen LogP contribution in [0.3, 0.4) is 0 Å². The number of halogens is 4. The molecule has 4 aromatic carbocycles. The van der Waals surface area contributed by atoms with Crippen molar-refractivity contribution in [3.8, 4) is 40.2 Å². The van der Waals surface area contributed by atoms with Crippen molar-refractivity contribution in [2.75, 3.05) is 13.2 Å². The lowest BCUT2D eigenvalue weighted by Gasteiger charge is -2.18. The van der Waals surface area contributed by atoms with Gasteiger partial charge in [0.1, 0.15) is 67.6 Å². The summed E-state index contributed by atoms with van der Waals surface area (Å²) in [7, 11) is 0. The second kappa shape index (κ2) is 22.5. The molecule has 0 saturated carbocycles. The van der Waals surface area contributed by atoms with Gasteiger partial charge in [-0.3, -0.25) is 19.6 Å². The van der Waals surface area contributed by atoms with E-state index in [4.69, 9.17) is 81.4 Å². The van der Waals surface area contributed by atoms with E-state index in [9.17, 15) is 14.9 Å². The second-order valence-electron chi connectivity index (χ2n) is 15.6. The van der Waals surface area contributed by atoms with Gasteiger partial charge in [0.25, 0.3) is 0 Å². The number of esters is 2. The van der Waals surface area contributed by atoms with Crippen LogP contribution < -0.4 is 29.6 Å². The number of hydrogen-bond acceptors (Lipinski definition) is 13. The molecule has 2 N–H and O–H groups in total. The molecular weight excluding hydrogens is 954 g/mol. The molecule has 4 heterocycles. The first-order chi connectivity index (χ1) is 33.1. The van der Waals surface area contributed by atoms with Crippen LogP contribution in [0.15, 0.2) is 97.6 Å². The van der Waals surface area contributed by atoms with Gasteiger partial charge in [0.05, 0.1) is 45.4 Å². The molecule has 68 heavy (non-hydrogen) atoms. The van der Waals surface area contributed by atoms with Crippen molar-refractivity contribution in [2.45, 2.75) is 64.4 Å². The molecule has 0 aliphatic carbocycles. The van der Waals surface area contributed by atoms with Crippen molar-refractivity contribution in [2.24, 2.45) is 0 Å². The summed E-state index contributed by atoms with van der Waals surface area (Å²) in [6.45, 7) is 8.85. The van der Waals surface area contributed by atoms with Crippen LogP contribution in [0.4, 0.5) is 5.69 Å². The number of cyclic esters (lactones) is 2. The van der Waals surface area contributed by atoms with Crippen LogP contribution in [0.25, 0.3) is 16.0 Å². The normalized spacial score (nSPS) is 15.3. The largest absolute Gasteiger partial charge is 0.488 e. The molecule has 2 atom stereocenters. The van der Waals surface area contributed by atoms with Gasteiger partial charge in [-0.05, 0) is 29.8 Å². The number of nitriles is 1. The first-order valence-corrected chi connectivity index (χ1v) is 22.7. The van der Waals surface area contributed by atoms with E-state index in [0.717, 1.165) is 0 Å². The van der Waals surface area contributed by atoms with Gasteiger partial charge in [0, 0.05) is 102 Å². The zero-order valence-corrected chi connectivity index (χ0v) is 39.1. The predicted molar refractivity (Wildman–Crippen MR) is 254 cm³/mol. The van der Waals surface area contributed by atoms with E-state index in [-0.39, 0.29) is 51.5 Å². The quantitative estimate of drug-likeness (QED) is 0.0582. The maximum absolute atomic E-state index is 12.2. The van der Waals surface area contributed by atoms with E-state index >= 15 is 0 Å². The Hall–Kier alpha value is -6.62. The monoisotopic (exact) mass is 992 g/mol. The molecule has 0 amide bonds. The van der Waals surface area contributed by atoms with Crippen LogP contribution in [-0.2, 0) is 58.6 Å². The fourth-order valence-corrected chi connectivity index (χ4v) is 8.47. The minimum atomic E-state index is -0.457. The van der Waals surface area contributed by atoms with Crippen molar-refractivity contribution in [3.63, 3.8) is 0 Å². The van der Waals surface area contributed by atoms with Crippen LogP contribution in [0.1, 0.15) is 51.8 Å². The fourth-order valence-electron chi connectivity index (χ4n) is 7.42. The molecule has 346 valence electrons. The van der Waals surface area contributed by atoms with Gasteiger partial charge < -0.3 is 39.1 Å². The Balaban J connectivity index is 0.981. The Kier molecular flexibility index (Phi) is 15.8. The van der Waals surface area contributed by atoms with E-state index in [1.807, 2.05) is 36.4 Å². The smallest absolute Gasteiger partial charge is 0.323 e. The predicted octanol–water partition coefficient (Wildman–Crippen LogP) is 10.3. The molecule has 0 radical (unpaired) electrons. The molecule has 8 rings (SSSR count). The Morgan fingerprint density at radius 2 is 1.12 bits per heavy atom. The third kappa shape index (κ3) is 11.7. The maximum atomic E-state index is 12.2. The summed E-state index contributed by atoms with van der Waals surface area (Å²) in [5, 5.41) is 17.2. The zero-order chi connectivity index (χ0) is 47.6. The van der Waals surface area contributed by atoms with Crippen molar-refractivity contribution in [1.29, 1.82) is 5.26 Å². The molecule has 0 unspecified atom stereocenters. The summed E-state index contributed by atoms with van der Waals surface area (Å²) in [4.78, 5) is 36.0. The highest BCUT2D eigenvalue weighted by Gasteiger charge is 2.28. The van der Waals surface area contributed by atoms with Gasteiger partial charge in [0.2, 0.25) is 5.69 Å². The number of hydrogen-bond donors (Lipinski definition) is 2. The SMILES string of the molecule is [C-]#[N+]c1cncc(COc2cc(OCc3cccc(-c4cccc(COc5cc(OCc6cncc(C#N)c6)c(CN[C@H]6CCOC6=O)cc5Cl)c4Cl)c3Cl)c(Cl)cc2CN[C@H]2CCOC2=O)c1. The highest BCUT2D eigenvalue weighted by molar-refractivity contribution is 6.37. The molecule has 2 saturated heterocycles. The van der Waals surface area contributed by atoms with Crippen LogP contribution in [0.5, 0.6) is 23.0 Å². The van der Waals surface area contributed by atoms with Gasteiger partial charge in [-0.2, -0.15) is 5.26 Å². The van der Waals surface area contributed by atoms with E-state index < -0.39 is 12.1 Å². The molecule has 18 heteroatoms. The Morgan fingerprint density at radius 3 is 1.59 bits per heavy atom. The van der Waals surface area contributed by atoms with Gasteiger partial charge in [0.15, 0.2) is 0 Å².